The highest BCUT2D eigenvalue weighted by Crippen LogP contribution is 2.53. The number of hydrogen-bond donors (Lipinski definition) is 13. The van der Waals surface area contributed by atoms with Crippen molar-refractivity contribution in [1.29, 1.82) is 0 Å². The first-order valence-corrected chi connectivity index (χ1v) is 15.5. The molecule has 2 aliphatic heterocycles. The minimum Gasteiger partial charge on any atom is -0.504 e. The SMILES string of the molecule is O=C(O[C@H]1O[C@H]2COC(=O)c3cc(O)c(O)c(O)c3-c3c(cc(O)c(O)c3O)C(=O)O[C@@H]([C@H]1O)[C@H]2OC(=O)c1cc(O)c(O)c(O)c1)c1cc(O)c(O)c(O)c1. The molecule has 0 aliphatic carbocycles. The minimum absolute atomic E-state index is 0.435. The van der Waals surface area contributed by atoms with Gasteiger partial charge in [0.05, 0.1) is 22.3 Å². The predicted molar refractivity (Wildman–Crippen MR) is 174 cm³/mol. The van der Waals surface area contributed by atoms with E-state index >= 15 is 0 Å². The van der Waals surface area contributed by atoms with Gasteiger partial charge in [0.1, 0.15) is 12.7 Å². The fraction of sp³-hybridized carbons (Fsp3) is 0.176. The number of aromatic hydroxyl groups is 12. The molecule has 6 rings (SSSR count). The maximum atomic E-state index is 14.0. The summed E-state index contributed by atoms with van der Waals surface area (Å²) in [7, 11) is 0. The lowest BCUT2D eigenvalue weighted by molar-refractivity contribution is -0.283. The summed E-state index contributed by atoms with van der Waals surface area (Å²) in [6.07, 6.45) is -11.2. The Labute approximate surface area is 309 Å². The zero-order chi connectivity index (χ0) is 41.1. The Morgan fingerprint density at radius 1 is 0.554 bits per heavy atom. The number of carbonyl (C=O) groups is 4. The van der Waals surface area contributed by atoms with Crippen LogP contribution in [0.3, 0.4) is 0 Å². The number of benzene rings is 4. The van der Waals surface area contributed by atoms with Gasteiger partial charge in [-0.1, -0.05) is 0 Å². The molecule has 0 radical (unpaired) electrons. The molecule has 1 fully saturated rings. The van der Waals surface area contributed by atoms with Crippen LogP contribution in [0.25, 0.3) is 11.1 Å². The maximum Gasteiger partial charge on any atom is 0.340 e. The van der Waals surface area contributed by atoms with Crippen LogP contribution in [-0.4, -0.2) is 128 Å². The van der Waals surface area contributed by atoms with Gasteiger partial charge in [-0.3, -0.25) is 0 Å². The maximum absolute atomic E-state index is 14.0. The van der Waals surface area contributed by atoms with Crippen molar-refractivity contribution in [2.45, 2.75) is 30.7 Å². The third-order valence-electron chi connectivity index (χ3n) is 8.51. The Morgan fingerprint density at radius 2 is 0.964 bits per heavy atom. The molecule has 0 aromatic heterocycles. The second-order valence-electron chi connectivity index (χ2n) is 12.0. The summed E-state index contributed by atoms with van der Waals surface area (Å²) in [5, 5.41) is 134. The van der Waals surface area contributed by atoms with Crippen LogP contribution in [0.2, 0.25) is 0 Å². The first-order valence-electron chi connectivity index (χ1n) is 15.5. The number of rotatable bonds is 4. The summed E-state index contributed by atoms with van der Waals surface area (Å²) < 4.78 is 27.0. The summed E-state index contributed by atoms with van der Waals surface area (Å²) in [4.78, 5) is 54.1. The van der Waals surface area contributed by atoms with Gasteiger partial charge in [-0.25, -0.2) is 19.2 Å². The highest BCUT2D eigenvalue weighted by atomic mass is 16.7. The van der Waals surface area contributed by atoms with Crippen molar-refractivity contribution in [2.24, 2.45) is 0 Å². The van der Waals surface area contributed by atoms with E-state index in [0.717, 1.165) is 0 Å². The Morgan fingerprint density at radius 3 is 1.43 bits per heavy atom. The normalized spacial score (nSPS) is 20.6. The highest BCUT2D eigenvalue weighted by Gasteiger charge is 2.53. The van der Waals surface area contributed by atoms with Crippen molar-refractivity contribution < 1.29 is 109 Å². The number of phenols is 12. The van der Waals surface area contributed by atoms with E-state index in [1.165, 1.54) is 0 Å². The summed E-state index contributed by atoms with van der Waals surface area (Å²) >= 11 is 0. The van der Waals surface area contributed by atoms with E-state index < -0.39 is 164 Å². The van der Waals surface area contributed by atoms with E-state index in [-0.39, 0.29) is 0 Å². The Kier molecular flexibility index (Phi) is 9.45. The number of cyclic esters (lactones) is 1. The lowest BCUT2D eigenvalue weighted by Crippen LogP contribution is -2.62. The quantitative estimate of drug-likeness (QED) is 0.0768. The van der Waals surface area contributed by atoms with E-state index in [0.29, 0.717) is 36.4 Å². The molecule has 2 bridgehead atoms. The molecule has 4 aromatic carbocycles. The Bertz CT molecular complexity index is 2290. The van der Waals surface area contributed by atoms with Crippen LogP contribution in [0, 0.1) is 0 Å². The smallest absolute Gasteiger partial charge is 0.340 e. The molecule has 294 valence electrons. The predicted octanol–water partition coefficient (Wildman–Crippen LogP) is 0.685. The molecule has 5 atom stereocenters. The molecule has 0 unspecified atom stereocenters. The molecule has 4 aromatic rings. The summed E-state index contributed by atoms with van der Waals surface area (Å²) in [5.41, 5.74) is -5.32. The van der Waals surface area contributed by atoms with Gasteiger partial charge >= 0.3 is 23.9 Å². The van der Waals surface area contributed by atoms with Crippen LogP contribution in [0.5, 0.6) is 69.0 Å². The number of aliphatic hydroxyl groups excluding tert-OH is 1. The monoisotopic (exact) mass is 786 g/mol. The number of fused-ring (bicyclic) bond motifs is 5. The highest BCUT2D eigenvalue weighted by molar-refractivity contribution is 6.08. The average molecular weight is 787 g/mol. The number of ether oxygens (including phenoxy) is 5. The van der Waals surface area contributed by atoms with Crippen molar-refractivity contribution in [1.82, 2.24) is 0 Å². The van der Waals surface area contributed by atoms with Gasteiger partial charge in [0.2, 0.25) is 17.8 Å². The summed E-state index contributed by atoms with van der Waals surface area (Å²) in [5.74, 6) is -20.1. The van der Waals surface area contributed by atoms with Gasteiger partial charge in [0.15, 0.2) is 75.8 Å². The molecule has 0 saturated carbocycles. The number of carbonyl (C=O) groups excluding carboxylic acids is 4. The van der Waals surface area contributed by atoms with Crippen LogP contribution in [0.15, 0.2) is 36.4 Å². The molecular weight excluding hydrogens is 760 g/mol. The van der Waals surface area contributed by atoms with Crippen LogP contribution >= 0.6 is 0 Å². The molecule has 2 aliphatic rings. The van der Waals surface area contributed by atoms with Crippen molar-refractivity contribution in [3.05, 3.63) is 58.7 Å². The third kappa shape index (κ3) is 6.45. The second-order valence-corrected chi connectivity index (χ2v) is 12.0. The standard InChI is InChI=1S/C34H26O22/c35-12-1-8(2-13(36)21(12)41)30(48)54-28-18-7-52-32(50)10-5-16(39)23(43)25(45)19(10)20-11(6-17(40)24(44)26(20)46)33(51)55-29(28)27(47)34(53-18)56-31(49)9-3-14(37)22(42)15(38)4-9/h1-6,18,27-29,34-47H,7H2/t18-,27+,28-,29-,34+/m0/s1. The Hall–Kier alpha value is -7.72. The van der Waals surface area contributed by atoms with E-state index in [1.807, 2.05) is 0 Å². The largest absolute Gasteiger partial charge is 0.504 e. The van der Waals surface area contributed by atoms with Gasteiger partial charge < -0.3 is 90.1 Å². The molecule has 0 spiro atoms. The van der Waals surface area contributed by atoms with Crippen LogP contribution < -0.4 is 0 Å². The molecule has 13 N–H and O–H groups in total. The van der Waals surface area contributed by atoms with Gasteiger partial charge in [-0.05, 0) is 36.4 Å². The first-order chi connectivity index (χ1) is 26.3. The molecule has 22 heteroatoms. The van der Waals surface area contributed by atoms with Crippen molar-refractivity contribution in [2.75, 3.05) is 6.61 Å². The molecule has 2 heterocycles. The topological polar surface area (TPSA) is 377 Å². The van der Waals surface area contributed by atoms with Crippen LogP contribution in [-0.2, 0) is 23.7 Å². The van der Waals surface area contributed by atoms with Crippen molar-refractivity contribution >= 4 is 23.9 Å². The molecule has 22 nitrogen and oxygen atoms in total. The van der Waals surface area contributed by atoms with E-state index in [1.54, 1.807) is 0 Å². The fourth-order valence-electron chi connectivity index (χ4n) is 5.75. The van der Waals surface area contributed by atoms with Crippen LogP contribution in [0.4, 0.5) is 0 Å². The molecule has 1 saturated heterocycles. The summed E-state index contributed by atoms with van der Waals surface area (Å²) in [6, 6.07) is 3.45. The summed E-state index contributed by atoms with van der Waals surface area (Å²) in [6.45, 7) is -1.14. The number of esters is 4. The average Bonchev–Trinajstić information content (AvgIpc) is 3.14. The number of hydrogen-bond acceptors (Lipinski definition) is 22. The van der Waals surface area contributed by atoms with E-state index in [4.69, 9.17) is 23.7 Å². The van der Waals surface area contributed by atoms with E-state index in [9.17, 15) is 85.6 Å². The minimum atomic E-state index is -2.44. The van der Waals surface area contributed by atoms with Gasteiger partial charge in [-0.2, -0.15) is 0 Å². The van der Waals surface area contributed by atoms with E-state index in [2.05, 4.69) is 0 Å². The van der Waals surface area contributed by atoms with Gasteiger partial charge in [0, 0.05) is 11.1 Å². The van der Waals surface area contributed by atoms with Gasteiger partial charge in [0.25, 0.3) is 0 Å². The molecular formula is C34H26O22. The number of phenolic OH excluding ortho intramolecular Hbond substituents is 12. The van der Waals surface area contributed by atoms with Crippen molar-refractivity contribution in [3.63, 3.8) is 0 Å². The van der Waals surface area contributed by atoms with Crippen LogP contribution in [0.1, 0.15) is 41.4 Å². The lowest BCUT2D eigenvalue weighted by atomic mass is 9.91. The molecule has 56 heavy (non-hydrogen) atoms. The third-order valence-corrected chi connectivity index (χ3v) is 8.51. The van der Waals surface area contributed by atoms with Gasteiger partial charge in [-0.15, -0.1) is 0 Å². The first kappa shape index (κ1) is 38.0. The van der Waals surface area contributed by atoms with Crippen molar-refractivity contribution in [3.8, 4) is 80.1 Å². The second kappa shape index (κ2) is 13.9. The fourth-order valence-corrected chi connectivity index (χ4v) is 5.75. The zero-order valence-corrected chi connectivity index (χ0v) is 27.5. The molecule has 0 amide bonds. The lowest BCUT2D eigenvalue weighted by Gasteiger charge is -2.42. The zero-order valence-electron chi connectivity index (χ0n) is 27.5. The Balaban J connectivity index is 1.51. The number of aliphatic hydroxyl groups is 1.